The lowest BCUT2D eigenvalue weighted by molar-refractivity contribution is 0.199. The topological polar surface area (TPSA) is 15.3 Å². The van der Waals surface area contributed by atoms with Gasteiger partial charge in [0.15, 0.2) is 0 Å². The molecule has 1 N–H and O–H groups in total. The van der Waals surface area contributed by atoms with Crippen LogP contribution in [0, 0.1) is 12.3 Å². The van der Waals surface area contributed by atoms with Gasteiger partial charge in [0, 0.05) is 19.6 Å². The van der Waals surface area contributed by atoms with Crippen molar-refractivity contribution in [3.8, 4) is 12.3 Å². The summed E-state index contributed by atoms with van der Waals surface area (Å²) in [5, 5.41) is 3.29. The maximum absolute atomic E-state index is 5.39. The summed E-state index contributed by atoms with van der Waals surface area (Å²) in [6.07, 6.45) is 6.58. The third-order valence-corrected chi connectivity index (χ3v) is 2.06. The first-order chi connectivity index (χ1) is 5.38. The maximum atomic E-state index is 5.39. The van der Waals surface area contributed by atoms with E-state index in [-0.39, 0.29) is 0 Å². The fourth-order valence-electron chi connectivity index (χ4n) is 1.47. The van der Waals surface area contributed by atoms with E-state index in [1.165, 1.54) is 6.42 Å². The molecule has 0 aromatic carbocycles. The highest BCUT2D eigenvalue weighted by molar-refractivity contribution is 5.02. The van der Waals surface area contributed by atoms with Gasteiger partial charge in [-0.1, -0.05) is 12.8 Å². The molecule has 1 aliphatic heterocycles. The first kappa shape index (κ1) is 8.58. The van der Waals surface area contributed by atoms with Crippen LogP contribution in [-0.4, -0.2) is 37.1 Å². The van der Waals surface area contributed by atoms with Gasteiger partial charge in [-0.3, -0.25) is 4.90 Å². The first-order valence-corrected chi connectivity index (χ1v) is 4.29. The van der Waals surface area contributed by atoms with Crippen LogP contribution >= 0.6 is 0 Å². The minimum absolute atomic E-state index is 0.323. The molecule has 1 fully saturated rings. The van der Waals surface area contributed by atoms with Crippen LogP contribution in [0.4, 0.5) is 0 Å². The van der Waals surface area contributed by atoms with Crippen LogP contribution in [0.2, 0.25) is 0 Å². The molecular formula is C9H16N2. The predicted molar refractivity (Wildman–Crippen MR) is 47.4 cm³/mol. The fourth-order valence-corrected chi connectivity index (χ4v) is 1.47. The Morgan fingerprint density at radius 1 is 1.73 bits per heavy atom. The molecule has 0 amide bonds. The second kappa shape index (κ2) is 4.38. The fraction of sp³-hybridized carbons (Fsp3) is 0.778. The number of rotatable bonds is 2. The standard InChI is InChI=1S/C9H16N2/c1-3-6-11-7-5-10-8-9(11)4-2/h2,9-10H,3,5-8H2,1H3. The quantitative estimate of drug-likeness (QED) is 0.573. The molecule has 2 heteroatoms. The summed E-state index contributed by atoms with van der Waals surface area (Å²) in [6.45, 7) is 6.46. The van der Waals surface area contributed by atoms with Gasteiger partial charge in [0.1, 0.15) is 0 Å². The van der Waals surface area contributed by atoms with Crippen LogP contribution in [0.5, 0.6) is 0 Å². The first-order valence-electron chi connectivity index (χ1n) is 4.29. The third-order valence-electron chi connectivity index (χ3n) is 2.06. The molecule has 0 radical (unpaired) electrons. The maximum Gasteiger partial charge on any atom is 0.0838 e. The summed E-state index contributed by atoms with van der Waals surface area (Å²) in [7, 11) is 0. The van der Waals surface area contributed by atoms with Crippen LogP contribution in [0.3, 0.4) is 0 Å². The highest BCUT2D eigenvalue weighted by Gasteiger charge is 2.18. The van der Waals surface area contributed by atoms with Crippen LogP contribution in [0.15, 0.2) is 0 Å². The molecule has 0 bridgehead atoms. The molecule has 1 rings (SSSR count). The Labute approximate surface area is 69.0 Å². The largest absolute Gasteiger partial charge is 0.313 e. The zero-order valence-electron chi connectivity index (χ0n) is 7.14. The van der Waals surface area contributed by atoms with Crippen LogP contribution < -0.4 is 5.32 Å². The summed E-state index contributed by atoms with van der Waals surface area (Å²) >= 11 is 0. The molecule has 0 saturated carbocycles. The van der Waals surface area contributed by atoms with E-state index in [1.807, 2.05) is 0 Å². The van der Waals surface area contributed by atoms with Crippen molar-refractivity contribution in [2.75, 3.05) is 26.2 Å². The van der Waals surface area contributed by atoms with Crippen molar-refractivity contribution in [3.05, 3.63) is 0 Å². The lowest BCUT2D eigenvalue weighted by atomic mass is 10.2. The molecule has 0 aliphatic carbocycles. The molecule has 2 nitrogen and oxygen atoms in total. The van der Waals surface area contributed by atoms with E-state index in [2.05, 4.69) is 23.1 Å². The molecule has 0 spiro atoms. The minimum Gasteiger partial charge on any atom is -0.313 e. The van der Waals surface area contributed by atoms with Crippen molar-refractivity contribution in [2.24, 2.45) is 0 Å². The summed E-state index contributed by atoms with van der Waals surface area (Å²) in [4.78, 5) is 2.37. The van der Waals surface area contributed by atoms with Gasteiger partial charge in [0.25, 0.3) is 0 Å². The lowest BCUT2D eigenvalue weighted by Crippen LogP contribution is -2.50. The van der Waals surface area contributed by atoms with Gasteiger partial charge in [0.2, 0.25) is 0 Å². The highest BCUT2D eigenvalue weighted by Crippen LogP contribution is 2.02. The van der Waals surface area contributed by atoms with E-state index >= 15 is 0 Å². The highest BCUT2D eigenvalue weighted by atomic mass is 15.2. The average Bonchev–Trinajstić information content (AvgIpc) is 2.06. The predicted octanol–water partition coefficient (Wildman–Crippen LogP) is 0.303. The summed E-state index contributed by atoms with van der Waals surface area (Å²) in [6, 6.07) is 0.323. The van der Waals surface area contributed by atoms with E-state index in [9.17, 15) is 0 Å². The molecule has 1 saturated heterocycles. The Balaban J connectivity index is 2.39. The molecule has 1 unspecified atom stereocenters. The molecule has 1 aliphatic rings. The molecule has 1 atom stereocenters. The van der Waals surface area contributed by atoms with Gasteiger partial charge in [0.05, 0.1) is 6.04 Å². The monoisotopic (exact) mass is 152 g/mol. The molecule has 62 valence electrons. The summed E-state index contributed by atoms with van der Waals surface area (Å²) in [5.74, 6) is 2.80. The summed E-state index contributed by atoms with van der Waals surface area (Å²) < 4.78 is 0. The van der Waals surface area contributed by atoms with Crippen LogP contribution in [0.25, 0.3) is 0 Å². The van der Waals surface area contributed by atoms with E-state index < -0.39 is 0 Å². The Bertz CT molecular complexity index is 146. The number of piperazine rings is 1. The van der Waals surface area contributed by atoms with E-state index in [0.717, 1.165) is 26.2 Å². The number of hydrogen-bond acceptors (Lipinski definition) is 2. The smallest absolute Gasteiger partial charge is 0.0838 e. The van der Waals surface area contributed by atoms with Crippen molar-refractivity contribution in [1.29, 1.82) is 0 Å². The van der Waals surface area contributed by atoms with Crippen molar-refractivity contribution in [1.82, 2.24) is 10.2 Å². The van der Waals surface area contributed by atoms with Gasteiger partial charge in [-0.15, -0.1) is 6.42 Å². The molecule has 1 heterocycles. The zero-order valence-corrected chi connectivity index (χ0v) is 7.14. The Hall–Kier alpha value is -0.520. The van der Waals surface area contributed by atoms with Crippen molar-refractivity contribution < 1.29 is 0 Å². The average molecular weight is 152 g/mol. The summed E-state index contributed by atoms with van der Waals surface area (Å²) in [5.41, 5.74) is 0. The minimum atomic E-state index is 0.323. The van der Waals surface area contributed by atoms with E-state index in [1.54, 1.807) is 0 Å². The van der Waals surface area contributed by atoms with Gasteiger partial charge >= 0.3 is 0 Å². The van der Waals surface area contributed by atoms with Gasteiger partial charge in [-0.05, 0) is 13.0 Å². The van der Waals surface area contributed by atoms with E-state index in [4.69, 9.17) is 6.42 Å². The van der Waals surface area contributed by atoms with E-state index in [0.29, 0.717) is 6.04 Å². The Morgan fingerprint density at radius 2 is 2.55 bits per heavy atom. The third kappa shape index (κ3) is 2.21. The lowest BCUT2D eigenvalue weighted by Gasteiger charge is -2.32. The van der Waals surface area contributed by atoms with Crippen molar-refractivity contribution in [2.45, 2.75) is 19.4 Å². The van der Waals surface area contributed by atoms with Crippen molar-refractivity contribution >= 4 is 0 Å². The molecule has 11 heavy (non-hydrogen) atoms. The normalized spacial score (nSPS) is 26.4. The number of terminal acetylenes is 1. The second-order valence-corrected chi connectivity index (χ2v) is 2.92. The van der Waals surface area contributed by atoms with Crippen LogP contribution in [0.1, 0.15) is 13.3 Å². The Kier molecular flexibility index (Phi) is 3.41. The number of nitrogens with zero attached hydrogens (tertiary/aromatic N) is 1. The number of hydrogen-bond donors (Lipinski definition) is 1. The Morgan fingerprint density at radius 3 is 3.18 bits per heavy atom. The molecule has 0 aromatic heterocycles. The van der Waals surface area contributed by atoms with Gasteiger partial charge < -0.3 is 5.32 Å². The SMILES string of the molecule is C#CC1CNCCN1CCC. The van der Waals surface area contributed by atoms with Crippen LogP contribution in [-0.2, 0) is 0 Å². The van der Waals surface area contributed by atoms with Gasteiger partial charge in [-0.25, -0.2) is 0 Å². The van der Waals surface area contributed by atoms with Gasteiger partial charge in [-0.2, -0.15) is 0 Å². The van der Waals surface area contributed by atoms with Crippen molar-refractivity contribution in [3.63, 3.8) is 0 Å². The second-order valence-electron chi connectivity index (χ2n) is 2.92. The molecular weight excluding hydrogens is 136 g/mol. The molecule has 0 aromatic rings. The number of nitrogens with one attached hydrogen (secondary N) is 1. The zero-order chi connectivity index (χ0) is 8.10.